The van der Waals surface area contributed by atoms with Crippen molar-refractivity contribution in [3.05, 3.63) is 34.4 Å². The minimum absolute atomic E-state index is 1.12. The Balaban J connectivity index is 2.30. The molecule has 2 nitrogen and oxygen atoms in total. The van der Waals surface area contributed by atoms with Gasteiger partial charge in [-0.15, -0.1) is 0 Å². The van der Waals surface area contributed by atoms with Gasteiger partial charge in [0.15, 0.2) is 0 Å². The number of benzene rings is 1. The van der Waals surface area contributed by atoms with Crippen LogP contribution >= 0.6 is 0 Å². The van der Waals surface area contributed by atoms with Crippen molar-refractivity contribution in [1.29, 1.82) is 0 Å². The highest BCUT2D eigenvalue weighted by Gasteiger charge is 2.28. The maximum atomic E-state index is 4.84. The molecule has 134 valence electrons. The second-order valence-corrected chi connectivity index (χ2v) is 13.1. The van der Waals surface area contributed by atoms with Gasteiger partial charge in [-0.1, -0.05) is 56.6 Å². The van der Waals surface area contributed by atoms with Gasteiger partial charge >= 0.3 is 0 Å². The Morgan fingerprint density at radius 3 is 2.21 bits per heavy atom. The topological polar surface area (TPSA) is 15.6 Å². The molecule has 1 aliphatic heterocycles. The van der Waals surface area contributed by atoms with Gasteiger partial charge in [0.25, 0.3) is 0 Å². The molecule has 1 aromatic rings. The average Bonchev–Trinajstić information content (AvgIpc) is 2.60. The van der Waals surface area contributed by atoms with Gasteiger partial charge < -0.3 is 0 Å². The summed E-state index contributed by atoms with van der Waals surface area (Å²) in [6.07, 6.45) is 6.09. The lowest BCUT2D eigenvalue weighted by molar-refractivity contribution is 0.240. The zero-order valence-corrected chi connectivity index (χ0v) is 17.5. The van der Waals surface area contributed by atoms with Gasteiger partial charge in [0, 0.05) is 18.7 Å². The van der Waals surface area contributed by atoms with E-state index < -0.39 is 8.07 Å². The van der Waals surface area contributed by atoms with Gasteiger partial charge in [-0.25, -0.2) is 0 Å². The molecular formula is C21H36N2Si. The lowest BCUT2D eigenvalue weighted by Gasteiger charge is -2.29. The van der Waals surface area contributed by atoms with E-state index in [0.29, 0.717) is 0 Å². The van der Waals surface area contributed by atoms with Crippen LogP contribution in [0.1, 0.15) is 62.3 Å². The maximum absolute atomic E-state index is 4.84. The van der Waals surface area contributed by atoms with Crippen molar-refractivity contribution in [3.8, 4) is 0 Å². The van der Waals surface area contributed by atoms with Crippen molar-refractivity contribution < 1.29 is 0 Å². The van der Waals surface area contributed by atoms with Crippen LogP contribution in [0.3, 0.4) is 0 Å². The Morgan fingerprint density at radius 2 is 1.62 bits per heavy atom. The van der Waals surface area contributed by atoms with Crippen molar-refractivity contribution in [2.45, 2.75) is 78.1 Å². The third-order valence-electron chi connectivity index (χ3n) is 6.11. The van der Waals surface area contributed by atoms with Gasteiger partial charge in [0.2, 0.25) is 0 Å². The normalized spacial score (nSPS) is 16.1. The first kappa shape index (κ1) is 19.2. The smallest absolute Gasteiger partial charge is 0.0571 e. The Kier molecular flexibility index (Phi) is 7.09. The van der Waals surface area contributed by atoms with E-state index in [1.54, 1.807) is 5.56 Å². The van der Waals surface area contributed by atoms with Crippen LogP contribution in [0.2, 0.25) is 18.1 Å². The SMILES string of the molecule is CC[Si](CC)(CC)Cc1cc(C)cc(C)c1/C=N/N1CCCCC1. The number of piperidine rings is 1. The molecule has 1 fully saturated rings. The second-order valence-electron chi connectivity index (χ2n) is 7.65. The zero-order valence-electron chi connectivity index (χ0n) is 16.5. The molecule has 0 saturated carbocycles. The quantitative estimate of drug-likeness (QED) is 0.456. The first-order valence-corrected chi connectivity index (χ1v) is 12.8. The predicted molar refractivity (Wildman–Crippen MR) is 110 cm³/mol. The summed E-state index contributed by atoms with van der Waals surface area (Å²) in [4.78, 5) is 0. The fourth-order valence-electron chi connectivity index (χ4n) is 4.06. The highest BCUT2D eigenvalue weighted by molar-refractivity contribution is 6.79. The number of rotatable bonds is 7. The van der Waals surface area contributed by atoms with Crippen LogP contribution in [-0.2, 0) is 6.04 Å². The van der Waals surface area contributed by atoms with E-state index in [2.05, 4.69) is 58.0 Å². The minimum Gasteiger partial charge on any atom is -0.297 e. The van der Waals surface area contributed by atoms with Gasteiger partial charge in [-0.3, -0.25) is 5.01 Å². The molecule has 1 saturated heterocycles. The molecule has 0 radical (unpaired) electrons. The molecule has 24 heavy (non-hydrogen) atoms. The van der Waals surface area contributed by atoms with Crippen molar-refractivity contribution >= 4 is 14.3 Å². The summed E-state index contributed by atoms with van der Waals surface area (Å²) in [6.45, 7) is 13.9. The standard InChI is InChI=1S/C21H36N2Si/c1-6-24(7-2,8-3)17-20-15-18(4)14-19(5)21(20)16-22-23-12-10-9-11-13-23/h14-16H,6-13,17H2,1-5H3/b22-16+. The first-order valence-electron chi connectivity index (χ1n) is 9.92. The fourth-order valence-corrected chi connectivity index (χ4v) is 7.41. The summed E-state index contributed by atoms with van der Waals surface area (Å²) in [5.74, 6) is 0. The molecule has 0 aromatic heterocycles. The molecule has 3 heteroatoms. The molecule has 1 aromatic carbocycles. The fraction of sp³-hybridized carbons (Fsp3) is 0.667. The van der Waals surface area contributed by atoms with E-state index in [-0.39, 0.29) is 0 Å². The molecule has 0 aliphatic carbocycles. The predicted octanol–water partition coefficient (Wildman–Crippen LogP) is 5.71. The van der Waals surface area contributed by atoms with Gasteiger partial charge in [-0.05, 0) is 50.3 Å². The second kappa shape index (κ2) is 8.84. The van der Waals surface area contributed by atoms with E-state index in [4.69, 9.17) is 5.10 Å². The van der Waals surface area contributed by atoms with Gasteiger partial charge in [0.05, 0.1) is 14.3 Å². The summed E-state index contributed by atoms with van der Waals surface area (Å²) in [5, 5.41) is 7.10. The molecule has 0 spiro atoms. The Hall–Kier alpha value is -1.09. The van der Waals surface area contributed by atoms with Crippen LogP contribution < -0.4 is 0 Å². The summed E-state index contributed by atoms with van der Waals surface area (Å²) in [5.41, 5.74) is 5.71. The van der Waals surface area contributed by atoms with Crippen LogP contribution in [0.15, 0.2) is 17.2 Å². The average molecular weight is 345 g/mol. The molecule has 0 amide bonds. The summed E-state index contributed by atoms with van der Waals surface area (Å²) in [7, 11) is -1.18. The highest BCUT2D eigenvalue weighted by Crippen LogP contribution is 2.28. The van der Waals surface area contributed by atoms with Crippen molar-refractivity contribution in [2.75, 3.05) is 13.1 Å². The van der Waals surface area contributed by atoms with Crippen LogP contribution in [0.25, 0.3) is 0 Å². The lowest BCUT2D eigenvalue weighted by atomic mass is 10.0. The molecular weight excluding hydrogens is 308 g/mol. The Morgan fingerprint density at radius 1 is 1.00 bits per heavy atom. The van der Waals surface area contributed by atoms with Crippen LogP contribution in [0, 0.1) is 13.8 Å². The molecule has 0 atom stereocenters. The van der Waals surface area contributed by atoms with Crippen molar-refractivity contribution in [2.24, 2.45) is 5.10 Å². The molecule has 0 bridgehead atoms. The van der Waals surface area contributed by atoms with Crippen molar-refractivity contribution in [1.82, 2.24) is 5.01 Å². The van der Waals surface area contributed by atoms with Crippen LogP contribution in [0.4, 0.5) is 0 Å². The molecule has 1 heterocycles. The minimum atomic E-state index is -1.18. The third kappa shape index (κ3) is 4.72. The summed E-state index contributed by atoms with van der Waals surface area (Å²) < 4.78 is 0. The lowest BCUT2D eigenvalue weighted by Crippen LogP contribution is -2.35. The first-order chi connectivity index (χ1) is 11.5. The third-order valence-corrected chi connectivity index (χ3v) is 11.7. The number of hydrogen-bond donors (Lipinski definition) is 0. The zero-order chi connectivity index (χ0) is 17.6. The summed E-state index contributed by atoms with van der Waals surface area (Å²) >= 11 is 0. The number of hydrazone groups is 1. The van der Waals surface area contributed by atoms with Crippen LogP contribution in [-0.4, -0.2) is 32.4 Å². The number of nitrogens with zero attached hydrogens (tertiary/aromatic N) is 2. The Labute approximate surface area is 150 Å². The molecule has 0 unspecified atom stereocenters. The maximum Gasteiger partial charge on any atom is 0.0571 e. The van der Waals surface area contributed by atoms with Gasteiger partial charge in [0.1, 0.15) is 0 Å². The highest BCUT2D eigenvalue weighted by atomic mass is 28.3. The van der Waals surface area contributed by atoms with Gasteiger partial charge in [-0.2, -0.15) is 5.10 Å². The van der Waals surface area contributed by atoms with E-state index in [1.807, 2.05) is 0 Å². The van der Waals surface area contributed by atoms with E-state index in [0.717, 1.165) is 13.1 Å². The largest absolute Gasteiger partial charge is 0.297 e. The number of hydrogen-bond acceptors (Lipinski definition) is 2. The summed E-state index contributed by atoms with van der Waals surface area (Å²) in [6, 6.07) is 10.2. The van der Waals surface area contributed by atoms with E-state index in [9.17, 15) is 0 Å². The van der Waals surface area contributed by atoms with Crippen LogP contribution in [0.5, 0.6) is 0 Å². The van der Waals surface area contributed by atoms with Crippen molar-refractivity contribution in [3.63, 3.8) is 0 Å². The molecule has 1 aliphatic rings. The molecule has 0 N–H and O–H groups in total. The van der Waals surface area contributed by atoms with E-state index in [1.165, 1.54) is 60.1 Å². The monoisotopic (exact) mass is 344 g/mol. The van der Waals surface area contributed by atoms with E-state index >= 15 is 0 Å². The number of aryl methyl sites for hydroxylation is 2. The Bertz CT molecular complexity index is 547. The molecule has 2 rings (SSSR count).